The number of ether oxygens (including phenoxy) is 2. The maximum absolute atomic E-state index is 12.4. The Hall–Kier alpha value is -4.22. The van der Waals surface area contributed by atoms with E-state index >= 15 is 0 Å². The van der Waals surface area contributed by atoms with Gasteiger partial charge < -0.3 is 14.6 Å². The van der Waals surface area contributed by atoms with Crippen molar-refractivity contribution in [2.24, 2.45) is 0 Å². The minimum absolute atomic E-state index is 0.0815. The second-order valence-electron chi connectivity index (χ2n) is 24.6. The Kier molecular flexibility index (Phi) is 73.3. The largest absolute Gasteiger partial charge is 0.462 e. The van der Waals surface area contributed by atoms with Gasteiger partial charge in [0.25, 0.3) is 0 Å². The molecule has 0 spiro atoms. The van der Waals surface area contributed by atoms with Crippen molar-refractivity contribution in [1.82, 2.24) is 0 Å². The third-order valence-electron chi connectivity index (χ3n) is 16.1. The van der Waals surface area contributed by atoms with Crippen LogP contribution in [0.4, 0.5) is 0 Å². The van der Waals surface area contributed by atoms with E-state index in [1.54, 1.807) is 0 Å². The standard InChI is InChI=1S/C83H140O5/c1-3-5-7-9-11-13-15-17-19-21-23-25-27-29-31-33-35-37-39-40-41-42-44-45-47-49-51-53-55-57-59-61-63-65-67-69-71-73-75-77-82(85)87-80-81(79-84)88-83(86)78-76-74-72-70-68-66-64-62-60-58-56-54-52-50-48-46-43-38-36-34-32-30-28-26-24-22-20-18-16-14-12-10-8-6-4-2/h6,8,12,14-15,17-18,20-21,23-24,26,30,32,36,38,46,48,52,54,58,60,64,66,81,84H,3-5,7,9-11,13,16,19,22,25,27-29,31,33-35,37,39-45,47,49-51,53,55-57,59,61-63,65,67-80H2,1-2H3/b8-6-,14-12-,17-15-,20-18-,23-21-,26-24-,32-30-,38-36-,48-46-,54-52-,60-58-,66-64-. The monoisotopic (exact) mass is 1220 g/mol. The maximum atomic E-state index is 12.4. The van der Waals surface area contributed by atoms with Gasteiger partial charge >= 0.3 is 11.9 Å². The number of aliphatic hydroxyl groups is 1. The van der Waals surface area contributed by atoms with Gasteiger partial charge in [-0.25, -0.2) is 0 Å². The highest BCUT2D eigenvalue weighted by Crippen LogP contribution is 2.18. The summed E-state index contributed by atoms with van der Waals surface area (Å²) in [6.45, 7) is 4.02. The van der Waals surface area contributed by atoms with Crippen LogP contribution in [0.1, 0.15) is 348 Å². The van der Waals surface area contributed by atoms with E-state index in [0.717, 1.165) is 122 Å². The van der Waals surface area contributed by atoms with Gasteiger partial charge in [0.2, 0.25) is 0 Å². The quantitative estimate of drug-likeness (QED) is 0.0373. The number of hydrogen-bond donors (Lipinski definition) is 1. The van der Waals surface area contributed by atoms with Gasteiger partial charge in [0, 0.05) is 12.8 Å². The SMILES string of the molecule is CC/C=C\C/C=C\C/C=C\C/C=C\C/C=C\C/C=C\C/C=C\C/C=C\C/C=C\C/C=C\CCCCCCC(=O)OC(CO)COC(=O)CCCCCCCCCCCCCCCCCCCCCCCCCCCCC/C=C\C/C=C\CCCCCCC. The minimum atomic E-state index is -0.796. The number of unbranched alkanes of at least 4 members (excludes halogenated alkanes) is 36. The van der Waals surface area contributed by atoms with Crippen molar-refractivity contribution in [2.45, 2.75) is 354 Å². The second-order valence-corrected chi connectivity index (χ2v) is 24.6. The zero-order valence-electron chi connectivity index (χ0n) is 57.7. The molecule has 0 radical (unpaired) electrons. The van der Waals surface area contributed by atoms with Crippen LogP contribution in [0, 0.1) is 0 Å². The van der Waals surface area contributed by atoms with E-state index in [2.05, 4.69) is 160 Å². The molecule has 0 aromatic carbocycles. The van der Waals surface area contributed by atoms with Crippen molar-refractivity contribution in [3.63, 3.8) is 0 Å². The molecule has 0 amide bonds. The van der Waals surface area contributed by atoms with Crippen molar-refractivity contribution in [1.29, 1.82) is 0 Å². The van der Waals surface area contributed by atoms with Gasteiger partial charge in [-0.2, -0.15) is 0 Å². The summed E-state index contributed by atoms with van der Waals surface area (Å²) in [6, 6.07) is 0. The highest BCUT2D eigenvalue weighted by atomic mass is 16.6. The van der Waals surface area contributed by atoms with Crippen LogP contribution in [0.25, 0.3) is 0 Å². The molecule has 88 heavy (non-hydrogen) atoms. The second kappa shape index (κ2) is 77.0. The Balaban J connectivity index is 3.51. The summed E-state index contributed by atoms with van der Waals surface area (Å²) < 4.78 is 10.7. The van der Waals surface area contributed by atoms with E-state index in [1.807, 2.05) is 0 Å². The molecule has 0 bridgehead atoms. The van der Waals surface area contributed by atoms with E-state index in [4.69, 9.17) is 9.47 Å². The Morgan fingerprint density at radius 1 is 0.273 bits per heavy atom. The first-order valence-corrected chi connectivity index (χ1v) is 37.4. The van der Waals surface area contributed by atoms with Gasteiger partial charge in [-0.1, -0.05) is 359 Å². The summed E-state index contributed by atoms with van der Waals surface area (Å²) in [5, 5.41) is 9.71. The summed E-state index contributed by atoms with van der Waals surface area (Å²) in [6.07, 6.45) is 116. The first kappa shape index (κ1) is 83.8. The molecule has 0 aliphatic heterocycles. The van der Waals surface area contributed by atoms with Crippen LogP contribution in [-0.4, -0.2) is 36.4 Å². The number of allylic oxidation sites excluding steroid dienone is 24. The van der Waals surface area contributed by atoms with Crippen LogP contribution in [-0.2, 0) is 19.1 Å². The molecule has 0 heterocycles. The molecule has 0 rings (SSSR count). The third-order valence-corrected chi connectivity index (χ3v) is 16.1. The Labute approximate surface area is 546 Å². The van der Waals surface area contributed by atoms with Crippen LogP contribution in [0.15, 0.2) is 146 Å². The molecule has 0 saturated heterocycles. The van der Waals surface area contributed by atoms with Crippen LogP contribution >= 0.6 is 0 Å². The Bertz CT molecular complexity index is 1810. The molecule has 1 atom stereocenters. The molecule has 1 unspecified atom stereocenters. The number of carbonyl (C=O) groups excluding carboxylic acids is 2. The van der Waals surface area contributed by atoms with Gasteiger partial charge in [-0.3, -0.25) is 9.59 Å². The van der Waals surface area contributed by atoms with Gasteiger partial charge in [0.1, 0.15) is 6.61 Å². The lowest BCUT2D eigenvalue weighted by atomic mass is 10.0. The van der Waals surface area contributed by atoms with Gasteiger partial charge in [-0.15, -0.1) is 0 Å². The fourth-order valence-electron chi connectivity index (χ4n) is 10.6. The lowest BCUT2D eigenvalue weighted by Crippen LogP contribution is -2.28. The van der Waals surface area contributed by atoms with Crippen molar-refractivity contribution in [3.8, 4) is 0 Å². The Morgan fingerprint density at radius 2 is 0.489 bits per heavy atom. The topological polar surface area (TPSA) is 72.8 Å². The number of carbonyl (C=O) groups is 2. The fraction of sp³-hybridized carbons (Fsp3) is 0.687. The normalized spacial score (nSPS) is 13.1. The predicted octanol–water partition coefficient (Wildman–Crippen LogP) is 26.4. The van der Waals surface area contributed by atoms with Crippen molar-refractivity contribution in [2.75, 3.05) is 13.2 Å². The fourth-order valence-corrected chi connectivity index (χ4v) is 10.6. The van der Waals surface area contributed by atoms with E-state index < -0.39 is 6.10 Å². The van der Waals surface area contributed by atoms with Crippen molar-refractivity contribution < 1.29 is 24.2 Å². The molecule has 0 aliphatic carbocycles. The zero-order chi connectivity index (χ0) is 63.3. The van der Waals surface area contributed by atoms with Crippen molar-refractivity contribution >= 4 is 11.9 Å². The molecule has 5 nitrogen and oxygen atoms in total. The van der Waals surface area contributed by atoms with E-state index in [1.165, 1.54) is 199 Å². The predicted molar refractivity (Wildman–Crippen MR) is 389 cm³/mol. The average molecular weight is 1220 g/mol. The lowest BCUT2D eigenvalue weighted by molar-refractivity contribution is -0.161. The molecular formula is C83H140O5. The third kappa shape index (κ3) is 74.2. The molecule has 0 aliphatic rings. The molecule has 0 aromatic rings. The van der Waals surface area contributed by atoms with Gasteiger partial charge in [0.15, 0.2) is 6.10 Å². The molecule has 0 fully saturated rings. The van der Waals surface area contributed by atoms with Crippen LogP contribution in [0.3, 0.4) is 0 Å². The number of rotatable bonds is 68. The highest BCUT2D eigenvalue weighted by molar-refractivity contribution is 5.70. The molecule has 1 N–H and O–H groups in total. The lowest BCUT2D eigenvalue weighted by Gasteiger charge is -2.15. The summed E-state index contributed by atoms with van der Waals surface area (Å²) in [5.41, 5.74) is 0. The molecule has 0 aromatic heterocycles. The molecule has 5 heteroatoms. The number of hydrogen-bond acceptors (Lipinski definition) is 5. The Morgan fingerprint density at radius 3 is 0.739 bits per heavy atom. The van der Waals surface area contributed by atoms with Crippen LogP contribution < -0.4 is 0 Å². The average Bonchev–Trinajstić information content (AvgIpc) is 3.54. The molecule has 0 saturated carbocycles. The van der Waals surface area contributed by atoms with Crippen LogP contribution in [0.2, 0.25) is 0 Å². The van der Waals surface area contributed by atoms with Gasteiger partial charge in [-0.05, 0) is 122 Å². The maximum Gasteiger partial charge on any atom is 0.306 e. The summed E-state index contributed by atoms with van der Waals surface area (Å²) in [4.78, 5) is 24.7. The van der Waals surface area contributed by atoms with Gasteiger partial charge in [0.05, 0.1) is 6.61 Å². The summed E-state index contributed by atoms with van der Waals surface area (Å²) in [7, 11) is 0. The smallest absolute Gasteiger partial charge is 0.306 e. The summed E-state index contributed by atoms with van der Waals surface area (Å²) >= 11 is 0. The summed E-state index contributed by atoms with van der Waals surface area (Å²) in [5.74, 6) is -0.616. The molecule has 502 valence electrons. The first-order valence-electron chi connectivity index (χ1n) is 37.4. The first-order chi connectivity index (χ1) is 43.6. The zero-order valence-corrected chi connectivity index (χ0v) is 57.7. The minimum Gasteiger partial charge on any atom is -0.462 e. The van der Waals surface area contributed by atoms with E-state index in [9.17, 15) is 14.7 Å². The number of aliphatic hydroxyl groups excluding tert-OH is 1. The highest BCUT2D eigenvalue weighted by Gasteiger charge is 2.16. The molecular weight excluding hydrogens is 1080 g/mol. The van der Waals surface area contributed by atoms with Crippen LogP contribution in [0.5, 0.6) is 0 Å². The number of esters is 2. The van der Waals surface area contributed by atoms with E-state index in [-0.39, 0.29) is 25.2 Å². The van der Waals surface area contributed by atoms with Crippen molar-refractivity contribution in [3.05, 3.63) is 146 Å². The van der Waals surface area contributed by atoms with E-state index in [0.29, 0.717) is 12.8 Å².